The summed E-state index contributed by atoms with van der Waals surface area (Å²) in [6.07, 6.45) is 3.70. The van der Waals surface area contributed by atoms with E-state index in [0.717, 1.165) is 24.7 Å². The highest BCUT2D eigenvalue weighted by Gasteiger charge is 2.43. The number of benzene rings is 1. The Morgan fingerprint density at radius 2 is 2.00 bits per heavy atom. The molecule has 24 heavy (non-hydrogen) atoms. The van der Waals surface area contributed by atoms with E-state index in [1.165, 1.54) is 0 Å². The van der Waals surface area contributed by atoms with Crippen LogP contribution in [-0.4, -0.2) is 32.9 Å². The molecule has 1 fully saturated rings. The number of hydrogen-bond donors (Lipinski definition) is 0. The first-order chi connectivity index (χ1) is 11.6. The molecule has 0 aliphatic heterocycles. The van der Waals surface area contributed by atoms with E-state index in [1.54, 1.807) is 7.11 Å². The van der Waals surface area contributed by atoms with Crippen molar-refractivity contribution in [2.45, 2.75) is 45.8 Å². The molecule has 4 nitrogen and oxygen atoms in total. The van der Waals surface area contributed by atoms with Gasteiger partial charge < -0.3 is 19.0 Å². The van der Waals surface area contributed by atoms with E-state index in [1.807, 2.05) is 18.2 Å². The summed E-state index contributed by atoms with van der Waals surface area (Å²) in [7, 11) is 1.63. The second-order valence-corrected chi connectivity index (χ2v) is 7.51. The van der Waals surface area contributed by atoms with Gasteiger partial charge in [-0.05, 0) is 35.7 Å². The van der Waals surface area contributed by atoms with Gasteiger partial charge >= 0.3 is 0 Å². The molecule has 3 atom stereocenters. The Bertz CT molecular complexity index is 486. The fraction of sp³-hybridized carbons (Fsp3) is 0.650. The Hall–Kier alpha value is -1.23. The maximum Gasteiger partial charge on any atom is 0.146 e. The van der Waals surface area contributed by atoms with Gasteiger partial charge in [0.05, 0.1) is 19.3 Å². The topological polar surface area (TPSA) is 44.8 Å². The zero-order valence-electron chi connectivity index (χ0n) is 15.1. The van der Waals surface area contributed by atoms with Crippen LogP contribution in [0.4, 0.5) is 0 Å². The van der Waals surface area contributed by atoms with E-state index in [2.05, 4.69) is 26.0 Å². The van der Waals surface area contributed by atoms with Crippen molar-refractivity contribution in [3.63, 3.8) is 0 Å². The van der Waals surface area contributed by atoms with Crippen LogP contribution in [0.5, 0.6) is 0 Å². The molecule has 0 amide bonds. The Kier molecular flexibility index (Phi) is 7.40. The molecular formula is C20H30O4. The summed E-state index contributed by atoms with van der Waals surface area (Å²) in [6.45, 7) is 5.88. The molecule has 1 aromatic carbocycles. The van der Waals surface area contributed by atoms with Crippen LogP contribution in [0.3, 0.4) is 0 Å². The number of hydrogen-bond acceptors (Lipinski definition) is 4. The van der Waals surface area contributed by atoms with Crippen molar-refractivity contribution in [2.75, 3.05) is 20.5 Å². The molecular weight excluding hydrogens is 304 g/mol. The van der Waals surface area contributed by atoms with Crippen molar-refractivity contribution in [2.24, 2.45) is 17.3 Å². The van der Waals surface area contributed by atoms with Crippen LogP contribution in [-0.2, 0) is 25.6 Å². The Balaban J connectivity index is 1.96. The van der Waals surface area contributed by atoms with Crippen molar-refractivity contribution >= 4 is 6.29 Å². The molecule has 0 saturated heterocycles. The third-order valence-corrected chi connectivity index (χ3v) is 4.88. The lowest BCUT2D eigenvalue weighted by Gasteiger charge is -2.28. The average Bonchev–Trinajstić information content (AvgIpc) is 2.86. The van der Waals surface area contributed by atoms with E-state index in [9.17, 15) is 4.79 Å². The molecule has 1 saturated carbocycles. The first-order valence-corrected chi connectivity index (χ1v) is 8.71. The SMILES string of the molecule is COCO[C@H](COCc1ccccc1)[C@H]1CC(C)(C)C[C@H]1CC=O. The highest BCUT2D eigenvalue weighted by molar-refractivity contribution is 5.50. The lowest BCUT2D eigenvalue weighted by atomic mass is 9.88. The quantitative estimate of drug-likeness (QED) is 0.482. The van der Waals surface area contributed by atoms with Crippen LogP contribution in [0.15, 0.2) is 30.3 Å². The number of aldehydes is 1. The van der Waals surface area contributed by atoms with Crippen LogP contribution in [0.25, 0.3) is 0 Å². The van der Waals surface area contributed by atoms with E-state index >= 15 is 0 Å². The fourth-order valence-corrected chi connectivity index (χ4v) is 3.88. The van der Waals surface area contributed by atoms with Gasteiger partial charge in [0.2, 0.25) is 0 Å². The molecule has 1 aliphatic carbocycles. The molecule has 0 heterocycles. The minimum absolute atomic E-state index is 0.0413. The Morgan fingerprint density at radius 1 is 1.25 bits per heavy atom. The molecule has 0 radical (unpaired) electrons. The second kappa shape index (κ2) is 9.30. The third-order valence-electron chi connectivity index (χ3n) is 4.88. The van der Waals surface area contributed by atoms with E-state index < -0.39 is 0 Å². The average molecular weight is 334 g/mol. The van der Waals surface area contributed by atoms with Gasteiger partial charge in [-0.1, -0.05) is 44.2 Å². The summed E-state index contributed by atoms with van der Waals surface area (Å²) in [6, 6.07) is 10.1. The van der Waals surface area contributed by atoms with Crippen molar-refractivity contribution in [3.8, 4) is 0 Å². The highest BCUT2D eigenvalue weighted by atomic mass is 16.7. The molecule has 0 aromatic heterocycles. The van der Waals surface area contributed by atoms with Gasteiger partial charge in [-0.15, -0.1) is 0 Å². The number of rotatable bonds is 10. The van der Waals surface area contributed by atoms with Crippen LogP contribution in [0, 0.1) is 17.3 Å². The highest BCUT2D eigenvalue weighted by Crippen LogP contribution is 2.48. The summed E-state index contributed by atoms with van der Waals surface area (Å²) >= 11 is 0. The van der Waals surface area contributed by atoms with Crippen LogP contribution in [0.1, 0.15) is 38.7 Å². The molecule has 0 N–H and O–H groups in total. The molecule has 1 aliphatic rings. The fourth-order valence-electron chi connectivity index (χ4n) is 3.88. The minimum Gasteiger partial charge on any atom is -0.374 e. The molecule has 2 rings (SSSR count). The lowest BCUT2D eigenvalue weighted by molar-refractivity contribution is -0.126. The third kappa shape index (κ3) is 5.69. The van der Waals surface area contributed by atoms with Gasteiger partial charge in [-0.2, -0.15) is 0 Å². The van der Waals surface area contributed by atoms with Gasteiger partial charge in [-0.3, -0.25) is 0 Å². The van der Waals surface area contributed by atoms with Crippen molar-refractivity contribution in [1.29, 1.82) is 0 Å². The molecule has 0 spiro atoms. The molecule has 134 valence electrons. The second-order valence-electron chi connectivity index (χ2n) is 7.51. The van der Waals surface area contributed by atoms with Gasteiger partial charge in [0.1, 0.15) is 13.1 Å². The first kappa shape index (κ1) is 19.1. The number of methoxy groups -OCH3 is 1. The first-order valence-electron chi connectivity index (χ1n) is 8.71. The maximum absolute atomic E-state index is 11.1. The van der Waals surface area contributed by atoms with E-state index in [-0.39, 0.29) is 18.3 Å². The predicted molar refractivity (Wildman–Crippen MR) is 93.5 cm³/mol. The normalized spacial score (nSPS) is 24.0. The largest absolute Gasteiger partial charge is 0.374 e. The number of carbonyl (C=O) groups excluding carboxylic acids is 1. The van der Waals surface area contributed by atoms with Gasteiger partial charge in [0, 0.05) is 13.5 Å². The minimum atomic E-state index is -0.0413. The predicted octanol–water partition coefficient (Wildman–Crippen LogP) is 3.83. The summed E-state index contributed by atoms with van der Waals surface area (Å²) in [5.41, 5.74) is 1.39. The number of carbonyl (C=O) groups is 1. The van der Waals surface area contributed by atoms with Crippen LogP contribution in [0.2, 0.25) is 0 Å². The van der Waals surface area contributed by atoms with Gasteiger partial charge in [0.15, 0.2) is 0 Å². The smallest absolute Gasteiger partial charge is 0.146 e. The summed E-state index contributed by atoms with van der Waals surface area (Å²) < 4.78 is 16.9. The van der Waals surface area contributed by atoms with E-state index in [0.29, 0.717) is 31.5 Å². The summed E-state index contributed by atoms with van der Waals surface area (Å²) in [4.78, 5) is 11.1. The zero-order valence-corrected chi connectivity index (χ0v) is 15.1. The zero-order chi connectivity index (χ0) is 17.4. The Morgan fingerprint density at radius 3 is 2.67 bits per heavy atom. The molecule has 4 heteroatoms. The standard InChI is InChI=1S/C20H30O4/c1-20(2)11-17(9-10-21)18(12-20)19(24-15-22-3)14-23-13-16-7-5-4-6-8-16/h4-8,10,17-19H,9,11-15H2,1-3H3/t17-,18+,19-/m1/s1. The van der Waals surface area contributed by atoms with Crippen molar-refractivity contribution < 1.29 is 19.0 Å². The molecule has 1 aromatic rings. The van der Waals surface area contributed by atoms with Gasteiger partial charge in [-0.25, -0.2) is 0 Å². The monoisotopic (exact) mass is 334 g/mol. The summed E-state index contributed by atoms with van der Waals surface area (Å²) in [5, 5.41) is 0. The molecule has 0 bridgehead atoms. The van der Waals surface area contributed by atoms with Crippen molar-refractivity contribution in [1.82, 2.24) is 0 Å². The van der Waals surface area contributed by atoms with Gasteiger partial charge in [0.25, 0.3) is 0 Å². The van der Waals surface area contributed by atoms with E-state index in [4.69, 9.17) is 14.2 Å². The van der Waals surface area contributed by atoms with Crippen LogP contribution < -0.4 is 0 Å². The van der Waals surface area contributed by atoms with Crippen molar-refractivity contribution in [3.05, 3.63) is 35.9 Å². The molecule has 0 unspecified atom stereocenters. The Labute approximate surface area is 145 Å². The van der Waals surface area contributed by atoms with Crippen LogP contribution >= 0.6 is 0 Å². The maximum atomic E-state index is 11.1. The summed E-state index contributed by atoms with van der Waals surface area (Å²) in [5.74, 6) is 0.691. The lowest BCUT2D eigenvalue weighted by Crippen LogP contribution is -2.32. The number of ether oxygens (including phenoxy) is 3.